The van der Waals surface area contributed by atoms with Crippen LogP contribution >= 0.6 is 0 Å². The Morgan fingerprint density at radius 3 is 2.21 bits per heavy atom. The molecule has 0 fully saturated rings. The molecule has 0 bridgehead atoms. The Morgan fingerprint density at radius 2 is 1.62 bits per heavy atom. The molecule has 0 saturated carbocycles. The van der Waals surface area contributed by atoms with Gasteiger partial charge in [-0.25, -0.2) is 4.79 Å². The van der Waals surface area contributed by atoms with Crippen molar-refractivity contribution < 1.29 is 37.7 Å². The van der Waals surface area contributed by atoms with E-state index in [-0.39, 0.29) is 11.3 Å². The maximum absolute atomic E-state index is 12.5. The number of rotatable bonds is 9. The van der Waals surface area contributed by atoms with Gasteiger partial charge in [0.25, 0.3) is 11.8 Å². The summed E-state index contributed by atoms with van der Waals surface area (Å²) in [6.45, 7) is 1.25. The van der Waals surface area contributed by atoms with Crippen LogP contribution in [0.15, 0.2) is 53.1 Å². The second-order valence-corrected chi connectivity index (χ2v) is 7.00. The number of hydrogen-bond donors (Lipinski definition) is 2. The molecule has 0 aliphatic rings. The average Bonchev–Trinajstić information content (AvgIpc) is 3.38. The highest BCUT2D eigenvalue weighted by molar-refractivity contribution is 6.03. The van der Waals surface area contributed by atoms with Crippen molar-refractivity contribution in [3.8, 4) is 17.2 Å². The van der Waals surface area contributed by atoms with E-state index in [0.717, 1.165) is 5.56 Å². The predicted octanol–water partition coefficient (Wildman–Crippen LogP) is 3.66. The number of benzene rings is 2. The van der Waals surface area contributed by atoms with Crippen molar-refractivity contribution in [1.29, 1.82) is 0 Å². The van der Waals surface area contributed by atoms with Crippen LogP contribution in [-0.2, 0) is 9.53 Å². The van der Waals surface area contributed by atoms with Gasteiger partial charge in [0, 0.05) is 23.5 Å². The molecule has 10 heteroatoms. The molecule has 10 nitrogen and oxygen atoms in total. The van der Waals surface area contributed by atoms with E-state index in [2.05, 4.69) is 10.6 Å². The van der Waals surface area contributed by atoms with Crippen molar-refractivity contribution >= 4 is 29.2 Å². The van der Waals surface area contributed by atoms with E-state index in [0.29, 0.717) is 28.6 Å². The van der Waals surface area contributed by atoms with E-state index < -0.39 is 24.4 Å². The highest BCUT2D eigenvalue weighted by Gasteiger charge is 2.17. The van der Waals surface area contributed by atoms with E-state index in [1.54, 1.807) is 31.2 Å². The van der Waals surface area contributed by atoms with E-state index in [9.17, 15) is 14.4 Å². The van der Waals surface area contributed by atoms with Gasteiger partial charge in [-0.3, -0.25) is 9.59 Å². The van der Waals surface area contributed by atoms with E-state index in [4.69, 9.17) is 23.4 Å². The summed E-state index contributed by atoms with van der Waals surface area (Å²) in [7, 11) is 4.38. The van der Waals surface area contributed by atoms with Crippen molar-refractivity contribution in [2.45, 2.75) is 6.92 Å². The molecule has 0 aliphatic carbocycles. The molecular weight excluding hydrogens is 444 g/mol. The standard InChI is InChI=1S/C24H24N2O8/c1-14-7-8-15(10-17(14)26-23(28)18-6-5-9-33-18)24(29)34-13-21(27)25-16-11-19(30-2)22(32-4)20(12-16)31-3/h5-12H,13H2,1-4H3,(H,25,27)(H,26,28). The first-order valence-corrected chi connectivity index (χ1v) is 10.1. The Morgan fingerprint density at radius 1 is 0.912 bits per heavy atom. The Bertz CT molecular complexity index is 1160. The summed E-state index contributed by atoms with van der Waals surface area (Å²) in [6, 6.07) is 10.9. The Balaban J connectivity index is 1.63. The molecule has 3 aromatic rings. The smallest absolute Gasteiger partial charge is 0.338 e. The number of hydrogen-bond acceptors (Lipinski definition) is 8. The second kappa shape index (κ2) is 10.9. The summed E-state index contributed by atoms with van der Waals surface area (Å²) in [5.74, 6) is -0.520. The molecule has 2 N–H and O–H groups in total. The highest BCUT2D eigenvalue weighted by Crippen LogP contribution is 2.39. The zero-order chi connectivity index (χ0) is 24.7. The third-order valence-corrected chi connectivity index (χ3v) is 4.75. The number of ether oxygens (including phenoxy) is 4. The number of amides is 2. The SMILES string of the molecule is COc1cc(NC(=O)COC(=O)c2ccc(C)c(NC(=O)c3ccco3)c2)cc(OC)c1OC. The Kier molecular flexibility index (Phi) is 7.75. The summed E-state index contributed by atoms with van der Waals surface area (Å²) in [5, 5.41) is 5.30. The van der Waals surface area contributed by atoms with Gasteiger partial charge in [-0.1, -0.05) is 6.07 Å². The lowest BCUT2D eigenvalue weighted by Gasteiger charge is -2.14. The fraction of sp³-hybridized carbons (Fsp3) is 0.208. The Hall–Kier alpha value is -4.47. The fourth-order valence-corrected chi connectivity index (χ4v) is 3.04. The first-order chi connectivity index (χ1) is 16.4. The van der Waals surface area contributed by atoms with Crippen LogP contribution in [0.1, 0.15) is 26.5 Å². The third kappa shape index (κ3) is 5.66. The Labute approximate surface area is 195 Å². The van der Waals surface area contributed by atoms with Gasteiger partial charge >= 0.3 is 5.97 Å². The second-order valence-electron chi connectivity index (χ2n) is 7.00. The van der Waals surface area contributed by atoms with Crippen molar-refractivity contribution in [1.82, 2.24) is 0 Å². The van der Waals surface area contributed by atoms with E-state index in [1.165, 1.54) is 45.8 Å². The van der Waals surface area contributed by atoms with Gasteiger partial charge in [-0.15, -0.1) is 0 Å². The van der Waals surface area contributed by atoms with Crippen molar-refractivity contribution in [2.75, 3.05) is 38.6 Å². The molecule has 0 atom stereocenters. The fourth-order valence-electron chi connectivity index (χ4n) is 3.04. The summed E-state index contributed by atoms with van der Waals surface area (Å²) < 4.78 is 25.9. The molecule has 0 saturated heterocycles. The van der Waals surface area contributed by atoms with Crippen LogP contribution in [0.2, 0.25) is 0 Å². The molecule has 1 heterocycles. The number of anilines is 2. The lowest BCUT2D eigenvalue weighted by Crippen LogP contribution is -2.21. The van der Waals surface area contributed by atoms with Gasteiger partial charge in [-0.05, 0) is 36.8 Å². The van der Waals surface area contributed by atoms with Gasteiger partial charge < -0.3 is 34.0 Å². The molecule has 0 aliphatic heterocycles. The van der Waals surface area contributed by atoms with Crippen LogP contribution in [0.4, 0.5) is 11.4 Å². The summed E-state index contributed by atoms with van der Waals surface area (Å²) in [6.07, 6.45) is 1.39. The van der Waals surface area contributed by atoms with Crippen LogP contribution in [-0.4, -0.2) is 45.7 Å². The molecule has 2 aromatic carbocycles. The zero-order valence-electron chi connectivity index (χ0n) is 19.1. The largest absolute Gasteiger partial charge is 0.493 e. The average molecular weight is 468 g/mol. The predicted molar refractivity (Wildman–Crippen MR) is 123 cm³/mol. The first-order valence-electron chi connectivity index (χ1n) is 10.1. The maximum atomic E-state index is 12.5. The zero-order valence-corrected chi connectivity index (χ0v) is 19.1. The normalized spacial score (nSPS) is 10.2. The molecular formula is C24H24N2O8. The number of aryl methyl sites for hydroxylation is 1. The molecule has 0 unspecified atom stereocenters. The summed E-state index contributed by atoms with van der Waals surface area (Å²) in [5.41, 5.74) is 1.68. The molecule has 178 valence electrons. The number of nitrogens with one attached hydrogen (secondary N) is 2. The third-order valence-electron chi connectivity index (χ3n) is 4.75. The monoisotopic (exact) mass is 468 g/mol. The minimum Gasteiger partial charge on any atom is -0.493 e. The van der Waals surface area contributed by atoms with Crippen LogP contribution in [0, 0.1) is 6.92 Å². The summed E-state index contributed by atoms with van der Waals surface area (Å²) >= 11 is 0. The van der Waals surface area contributed by atoms with Crippen molar-refractivity contribution in [3.05, 3.63) is 65.6 Å². The molecule has 3 rings (SSSR count). The quantitative estimate of drug-likeness (QED) is 0.456. The van der Waals surface area contributed by atoms with Gasteiger partial charge in [0.15, 0.2) is 23.9 Å². The van der Waals surface area contributed by atoms with Crippen LogP contribution in [0.5, 0.6) is 17.2 Å². The van der Waals surface area contributed by atoms with Crippen molar-refractivity contribution in [2.24, 2.45) is 0 Å². The van der Waals surface area contributed by atoms with Crippen LogP contribution in [0.3, 0.4) is 0 Å². The van der Waals surface area contributed by atoms with Gasteiger partial charge in [-0.2, -0.15) is 0 Å². The first kappa shape index (κ1) is 24.2. The molecule has 1 aromatic heterocycles. The minimum atomic E-state index is -0.728. The van der Waals surface area contributed by atoms with Crippen LogP contribution < -0.4 is 24.8 Å². The van der Waals surface area contributed by atoms with Crippen molar-refractivity contribution in [3.63, 3.8) is 0 Å². The number of carbonyl (C=O) groups excluding carboxylic acids is 3. The van der Waals surface area contributed by atoms with Gasteiger partial charge in [0.2, 0.25) is 5.75 Å². The highest BCUT2D eigenvalue weighted by atomic mass is 16.5. The van der Waals surface area contributed by atoms with E-state index in [1.807, 2.05) is 0 Å². The molecule has 2 amide bonds. The summed E-state index contributed by atoms with van der Waals surface area (Å²) in [4.78, 5) is 37.0. The number of methoxy groups -OCH3 is 3. The number of carbonyl (C=O) groups is 3. The molecule has 34 heavy (non-hydrogen) atoms. The van der Waals surface area contributed by atoms with Crippen LogP contribution in [0.25, 0.3) is 0 Å². The molecule has 0 spiro atoms. The molecule has 0 radical (unpaired) electrons. The van der Waals surface area contributed by atoms with Gasteiger partial charge in [0.05, 0.1) is 33.2 Å². The minimum absolute atomic E-state index is 0.135. The van der Waals surface area contributed by atoms with E-state index >= 15 is 0 Å². The topological polar surface area (TPSA) is 125 Å². The van der Waals surface area contributed by atoms with Gasteiger partial charge in [0.1, 0.15) is 0 Å². The lowest BCUT2D eigenvalue weighted by molar-refractivity contribution is -0.119. The number of furan rings is 1. The number of esters is 1. The maximum Gasteiger partial charge on any atom is 0.338 e. The lowest BCUT2D eigenvalue weighted by atomic mass is 10.1.